The molecule has 0 saturated carbocycles. The van der Waals surface area contributed by atoms with Crippen molar-refractivity contribution in [3.63, 3.8) is 0 Å². The lowest BCUT2D eigenvalue weighted by molar-refractivity contribution is 0.438. The van der Waals surface area contributed by atoms with Crippen LogP contribution in [-0.2, 0) is 10.0 Å². The highest BCUT2D eigenvalue weighted by atomic mass is 32.2. The molecule has 2 aromatic rings. The summed E-state index contributed by atoms with van der Waals surface area (Å²) in [6.07, 6.45) is 3.98. The van der Waals surface area contributed by atoms with Gasteiger partial charge in [0.1, 0.15) is 11.6 Å². The Labute approximate surface area is 141 Å². The normalized spacial score (nSPS) is 16.2. The molecular formula is C17H20FN3O2S. The summed E-state index contributed by atoms with van der Waals surface area (Å²) >= 11 is 0. The number of anilines is 2. The largest absolute Gasteiger partial charge is 0.370 e. The quantitative estimate of drug-likeness (QED) is 0.920. The molecule has 2 heterocycles. The molecule has 1 fully saturated rings. The van der Waals surface area contributed by atoms with E-state index in [9.17, 15) is 12.8 Å². The standard InChI is InChI=1S/C17H20FN3O2S/c1-13-8-10-21(11-9-13)15-4-7-17(19-12-15)20-24(22,23)16-5-2-14(18)3-6-16/h2-7,12-13H,8-11H2,1H3,(H,19,20). The minimum absolute atomic E-state index is 0.000190. The lowest BCUT2D eigenvalue weighted by Gasteiger charge is -2.31. The van der Waals surface area contributed by atoms with Gasteiger partial charge in [-0.3, -0.25) is 4.72 Å². The van der Waals surface area contributed by atoms with Crippen molar-refractivity contribution in [3.8, 4) is 0 Å². The van der Waals surface area contributed by atoms with E-state index < -0.39 is 15.8 Å². The second kappa shape index (κ2) is 6.76. The third kappa shape index (κ3) is 3.84. The van der Waals surface area contributed by atoms with Gasteiger partial charge in [-0.05, 0) is 55.2 Å². The van der Waals surface area contributed by atoms with E-state index in [1.54, 1.807) is 12.3 Å². The smallest absolute Gasteiger partial charge is 0.263 e. The Kier molecular flexibility index (Phi) is 4.71. The Morgan fingerprint density at radius 2 is 1.79 bits per heavy atom. The van der Waals surface area contributed by atoms with Crippen molar-refractivity contribution < 1.29 is 12.8 Å². The fourth-order valence-corrected chi connectivity index (χ4v) is 3.72. The van der Waals surface area contributed by atoms with Crippen molar-refractivity contribution in [1.82, 2.24) is 4.98 Å². The zero-order valence-corrected chi connectivity index (χ0v) is 14.3. The monoisotopic (exact) mass is 349 g/mol. The van der Waals surface area contributed by atoms with E-state index in [-0.39, 0.29) is 10.7 Å². The molecule has 24 heavy (non-hydrogen) atoms. The summed E-state index contributed by atoms with van der Waals surface area (Å²) < 4.78 is 39.8. The number of halogens is 1. The zero-order valence-electron chi connectivity index (χ0n) is 13.4. The van der Waals surface area contributed by atoms with E-state index in [1.807, 2.05) is 6.07 Å². The first-order valence-corrected chi connectivity index (χ1v) is 9.42. The predicted octanol–water partition coefficient (Wildman–Crippen LogP) is 3.26. The topological polar surface area (TPSA) is 62.3 Å². The fraction of sp³-hybridized carbons (Fsp3) is 0.353. The van der Waals surface area contributed by atoms with Crippen molar-refractivity contribution in [3.05, 3.63) is 48.4 Å². The van der Waals surface area contributed by atoms with Crippen LogP contribution in [0.15, 0.2) is 47.5 Å². The number of nitrogens with one attached hydrogen (secondary N) is 1. The second-order valence-electron chi connectivity index (χ2n) is 6.13. The number of benzene rings is 1. The molecule has 0 unspecified atom stereocenters. The first-order chi connectivity index (χ1) is 11.4. The lowest BCUT2D eigenvalue weighted by Crippen LogP contribution is -2.32. The minimum Gasteiger partial charge on any atom is -0.370 e. The van der Waals surface area contributed by atoms with Crippen molar-refractivity contribution >= 4 is 21.5 Å². The molecule has 1 N–H and O–H groups in total. The Hall–Kier alpha value is -2.15. The SMILES string of the molecule is CC1CCN(c2ccc(NS(=O)(=O)c3ccc(F)cc3)nc2)CC1. The lowest BCUT2D eigenvalue weighted by atomic mass is 9.99. The molecule has 1 aromatic heterocycles. The van der Waals surface area contributed by atoms with E-state index in [0.717, 1.165) is 49.7 Å². The maximum Gasteiger partial charge on any atom is 0.263 e. The van der Waals surface area contributed by atoms with Crippen LogP contribution in [0.1, 0.15) is 19.8 Å². The third-order valence-electron chi connectivity index (χ3n) is 4.26. The number of pyridine rings is 1. The molecule has 0 aliphatic carbocycles. The number of hydrogen-bond donors (Lipinski definition) is 1. The van der Waals surface area contributed by atoms with Crippen LogP contribution >= 0.6 is 0 Å². The molecule has 1 aliphatic heterocycles. The Bertz CT molecular complexity index is 784. The summed E-state index contributed by atoms with van der Waals surface area (Å²) in [6.45, 7) is 4.23. The van der Waals surface area contributed by atoms with Gasteiger partial charge in [0.2, 0.25) is 0 Å². The molecule has 1 aliphatic rings. The van der Waals surface area contributed by atoms with Crippen LogP contribution in [0, 0.1) is 11.7 Å². The van der Waals surface area contributed by atoms with Crippen LogP contribution in [0.2, 0.25) is 0 Å². The molecule has 128 valence electrons. The number of hydrogen-bond acceptors (Lipinski definition) is 4. The van der Waals surface area contributed by atoms with Crippen LogP contribution < -0.4 is 9.62 Å². The fourth-order valence-electron chi connectivity index (χ4n) is 2.71. The highest BCUT2D eigenvalue weighted by molar-refractivity contribution is 7.92. The molecule has 3 rings (SSSR count). The van der Waals surface area contributed by atoms with Gasteiger partial charge in [0.25, 0.3) is 10.0 Å². The molecule has 0 atom stereocenters. The summed E-state index contributed by atoms with van der Waals surface area (Å²) in [5.41, 5.74) is 0.992. The van der Waals surface area contributed by atoms with Crippen molar-refractivity contribution in [2.75, 3.05) is 22.7 Å². The highest BCUT2D eigenvalue weighted by Crippen LogP contribution is 2.23. The number of nitrogens with zero attached hydrogens (tertiary/aromatic N) is 2. The molecule has 0 radical (unpaired) electrons. The first-order valence-electron chi connectivity index (χ1n) is 7.93. The van der Waals surface area contributed by atoms with E-state index in [0.29, 0.717) is 0 Å². The van der Waals surface area contributed by atoms with Gasteiger partial charge in [-0.1, -0.05) is 6.92 Å². The van der Waals surface area contributed by atoms with Crippen molar-refractivity contribution in [2.45, 2.75) is 24.7 Å². The Balaban J connectivity index is 1.70. The maximum absolute atomic E-state index is 12.9. The van der Waals surface area contributed by atoms with E-state index in [4.69, 9.17) is 0 Å². The molecule has 0 amide bonds. The predicted molar refractivity (Wildman–Crippen MR) is 92.1 cm³/mol. The third-order valence-corrected chi connectivity index (χ3v) is 5.63. The molecule has 1 aromatic carbocycles. The Morgan fingerprint density at radius 3 is 2.38 bits per heavy atom. The van der Waals surface area contributed by atoms with Crippen LogP contribution in [0.25, 0.3) is 0 Å². The van der Waals surface area contributed by atoms with E-state index >= 15 is 0 Å². The number of sulfonamides is 1. The molecular weight excluding hydrogens is 329 g/mol. The van der Waals surface area contributed by atoms with Crippen molar-refractivity contribution in [1.29, 1.82) is 0 Å². The average Bonchev–Trinajstić information content (AvgIpc) is 2.56. The maximum atomic E-state index is 12.9. The Morgan fingerprint density at radius 1 is 1.12 bits per heavy atom. The molecule has 1 saturated heterocycles. The van der Waals surface area contributed by atoms with Crippen LogP contribution in [-0.4, -0.2) is 26.5 Å². The van der Waals surface area contributed by atoms with E-state index in [1.165, 1.54) is 12.1 Å². The average molecular weight is 349 g/mol. The van der Waals surface area contributed by atoms with Gasteiger partial charge in [0.05, 0.1) is 16.8 Å². The summed E-state index contributed by atoms with van der Waals surface area (Å²) in [5.74, 6) is 0.511. The van der Waals surface area contributed by atoms with Gasteiger partial charge in [0.15, 0.2) is 0 Å². The highest BCUT2D eigenvalue weighted by Gasteiger charge is 2.18. The first kappa shape index (κ1) is 16.7. The molecule has 0 bridgehead atoms. The van der Waals surface area contributed by atoms with Gasteiger partial charge < -0.3 is 4.90 Å². The van der Waals surface area contributed by atoms with Gasteiger partial charge in [-0.2, -0.15) is 0 Å². The van der Waals surface area contributed by atoms with Crippen LogP contribution in [0.3, 0.4) is 0 Å². The van der Waals surface area contributed by atoms with Crippen molar-refractivity contribution in [2.24, 2.45) is 5.92 Å². The number of aromatic nitrogens is 1. The summed E-state index contributed by atoms with van der Waals surface area (Å²) in [4.78, 5) is 6.45. The molecule has 0 spiro atoms. The van der Waals surface area contributed by atoms with Gasteiger partial charge >= 0.3 is 0 Å². The zero-order chi connectivity index (χ0) is 17.2. The molecule has 5 nitrogen and oxygen atoms in total. The second-order valence-corrected chi connectivity index (χ2v) is 7.81. The van der Waals surface area contributed by atoms with Crippen LogP contribution in [0.5, 0.6) is 0 Å². The summed E-state index contributed by atoms with van der Waals surface area (Å²) in [5, 5.41) is 0. The minimum atomic E-state index is -3.77. The van der Waals surface area contributed by atoms with E-state index in [2.05, 4.69) is 21.5 Å². The number of rotatable bonds is 4. The van der Waals surface area contributed by atoms with Gasteiger partial charge in [0, 0.05) is 13.1 Å². The summed E-state index contributed by atoms with van der Waals surface area (Å²) in [6, 6.07) is 8.19. The van der Waals surface area contributed by atoms with Gasteiger partial charge in [-0.25, -0.2) is 17.8 Å². The van der Waals surface area contributed by atoms with Crippen LogP contribution in [0.4, 0.5) is 15.9 Å². The summed E-state index contributed by atoms with van der Waals surface area (Å²) in [7, 11) is -3.77. The molecule has 7 heteroatoms. The number of piperidine rings is 1. The van der Waals surface area contributed by atoms with Gasteiger partial charge in [-0.15, -0.1) is 0 Å².